The molecule has 0 bridgehead atoms. The molecule has 3 N–H and O–H groups in total. The van der Waals surface area contributed by atoms with Crippen molar-refractivity contribution in [3.63, 3.8) is 0 Å². The molecule has 3 aromatic rings. The average molecular weight is 338 g/mol. The van der Waals surface area contributed by atoms with Gasteiger partial charge in [-0.1, -0.05) is 0 Å². The second-order valence-electron chi connectivity index (χ2n) is 6.44. The standard InChI is InChI=1S/C17H18N6O2/c18-5-3-14(12-1-2-15(24)16(12)25)23-9-10(7-21-23)13-8-20-22-17-11(13)4-6-19-17/h4,6-9,12,14-16,24-25H,1-3H2,(H,19,22). The molecule has 1 aliphatic carbocycles. The van der Waals surface area contributed by atoms with Gasteiger partial charge in [0.25, 0.3) is 0 Å². The van der Waals surface area contributed by atoms with Gasteiger partial charge < -0.3 is 15.2 Å². The number of hydrogen-bond acceptors (Lipinski definition) is 6. The van der Waals surface area contributed by atoms with Crippen LogP contribution in [0.15, 0.2) is 30.9 Å². The van der Waals surface area contributed by atoms with Crippen LogP contribution in [0, 0.1) is 17.2 Å². The van der Waals surface area contributed by atoms with Crippen LogP contribution < -0.4 is 0 Å². The molecule has 1 fully saturated rings. The normalized spacial score (nSPS) is 24.4. The van der Waals surface area contributed by atoms with Gasteiger partial charge in [-0.2, -0.15) is 15.5 Å². The van der Waals surface area contributed by atoms with Crippen LogP contribution in [0.4, 0.5) is 0 Å². The van der Waals surface area contributed by atoms with Gasteiger partial charge in [-0.15, -0.1) is 5.10 Å². The van der Waals surface area contributed by atoms with Gasteiger partial charge in [0.15, 0.2) is 5.65 Å². The van der Waals surface area contributed by atoms with E-state index in [1.54, 1.807) is 17.1 Å². The highest BCUT2D eigenvalue weighted by molar-refractivity contribution is 5.91. The zero-order valence-corrected chi connectivity index (χ0v) is 13.4. The maximum atomic E-state index is 10.2. The van der Waals surface area contributed by atoms with E-state index in [2.05, 4.69) is 26.3 Å². The lowest BCUT2D eigenvalue weighted by atomic mass is 9.93. The molecule has 4 atom stereocenters. The number of aromatic amines is 1. The Morgan fingerprint density at radius 1 is 1.36 bits per heavy atom. The molecule has 0 saturated heterocycles. The van der Waals surface area contributed by atoms with Crippen molar-refractivity contribution in [3.8, 4) is 17.2 Å². The molecule has 25 heavy (non-hydrogen) atoms. The summed E-state index contributed by atoms with van der Waals surface area (Å²) in [5.41, 5.74) is 2.48. The summed E-state index contributed by atoms with van der Waals surface area (Å²) in [6.07, 6.45) is 6.96. The Kier molecular flexibility index (Phi) is 3.95. The molecule has 4 rings (SSSR count). The van der Waals surface area contributed by atoms with Crippen molar-refractivity contribution in [2.75, 3.05) is 0 Å². The monoisotopic (exact) mass is 338 g/mol. The topological polar surface area (TPSA) is 124 Å². The number of rotatable bonds is 4. The molecule has 0 aromatic carbocycles. The fourth-order valence-corrected chi connectivity index (χ4v) is 3.71. The van der Waals surface area contributed by atoms with Crippen molar-refractivity contribution < 1.29 is 10.2 Å². The van der Waals surface area contributed by atoms with Gasteiger partial charge in [0, 0.05) is 34.8 Å². The molecule has 0 spiro atoms. The summed E-state index contributed by atoms with van der Waals surface area (Å²) in [6, 6.07) is 3.83. The van der Waals surface area contributed by atoms with E-state index in [0.717, 1.165) is 16.5 Å². The van der Waals surface area contributed by atoms with E-state index in [1.807, 2.05) is 18.5 Å². The summed E-state index contributed by atoms with van der Waals surface area (Å²) < 4.78 is 1.73. The van der Waals surface area contributed by atoms with Crippen LogP contribution in [0.2, 0.25) is 0 Å². The first-order chi connectivity index (χ1) is 12.2. The average Bonchev–Trinajstić information content (AvgIpc) is 3.34. The molecule has 1 saturated carbocycles. The van der Waals surface area contributed by atoms with Gasteiger partial charge in [0.2, 0.25) is 0 Å². The Bertz CT molecular complexity index is 927. The SMILES string of the molecule is N#CCC(C1CCC(O)C1O)n1cc(-c2cnnc3[nH]ccc23)cn1. The number of nitrogens with zero attached hydrogens (tertiary/aromatic N) is 5. The van der Waals surface area contributed by atoms with Crippen molar-refractivity contribution in [2.45, 2.75) is 37.5 Å². The lowest BCUT2D eigenvalue weighted by Crippen LogP contribution is -2.31. The van der Waals surface area contributed by atoms with Crippen LogP contribution in [0.1, 0.15) is 25.3 Å². The molecule has 3 aromatic heterocycles. The van der Waals surface area contributed by atoms with Gasteiger partial charge in [-0.05, 0) is 18.9 Å². The zero-order valence-electron chi connectivity index (χ0n) is 13.4. The Balaban J connectivity index is 1.69. The van der Waals surface area contributed by atoms with Gasteiger partial charge in [-0.25, -0.2) is 0 Å². The summed E-state index contributed by atoms with van der Waals surface area (Å²) in [7, 11) is 0. The first-order valence-electron chi connectivity index (χ1n) is 8.25. The number of nitrogens with one attached hydrogen (secondary N) is 1. The van der Waals surface area contributed by atoms with Crippen molar-refractivity contribution >= 4 is 11.0 Å². The highest BCUT2D eigenvalue weighted by Gasteiger charge is 2.39. The maximum Gasteiger partial charge on any atom is 0.160 e. The first-order valence-corrected chi connectivity index (χ1v) is 8.25. The molecular weight excluding hydrogens is 320 g/mol. The van der Waals surface area contributed by atoms with Crippen LogP contribution in [-0.4, -0.2) is 47.4 Å². The molecule has 8 heteroatoms. The van der Waals surface area contributed by atoms with Gasteiger partial charge >= 0.3 is 0 Å². The largest absolute Gasteiger partial charge is 0.390 e. The van der Waals surface area contributed by atoms with E-state index in [9.17, 15) is 15.5 Å². The van der Waals surface area contributed by atoms with E-state index in [4.69, 9.17) is 0 Å². The number of fused-ring (bicyclic) bond motifs is 1. The van der Waals surface area contributed by atoms with Gasteiger partial charge in [0.05, 0.1) is 43.1 Å². The van der Waals surface area contributed by atoms with E-state index >= 15 is 0 Å². The fraction of sp³-hybridized carbons (Fsp3) is 0.412. The number of nitriles is 1. The van der Waals surface area contributed by atoms with Crippen LogP contribution in [0.25, 0.3) is 22.2 Å². The smallest absolute Gasteiger partial charge is 0.160 e. The van der Waals surface area contributed by atoms with Crippen molar-refractivity contribution in [3.05, 3.63) is 30.9 Å². The van der Waals surface area contributed by atoms with Crippen LogP contribution in [0.3, 0.4) is 0 Å². The third kappa shape index (κ3) is 2.67. The predicted molar refractivity (Wildman–Crippen MR) is 89.1 cm³/mol. The summed E-state index contributed by atoms with van der Waals surface area (Å²) in [4.78, 5) is 3.03. The maximum absolute atomic E-state index is 10.2. The Morgan fingerprint density at radius 3 is 3.00 bits per heavy atom. The second-order valence-corrected chi connectivity index (χ2v) is 6.44. The lowest BCUT2D eigenvalue weighted by Gasteiger charge is -2.25. The second kappa shape index (κ2) is 6.27. The van der Waals surface area contributed by atoms with Crippen molar-refractivity contribution in [1.82, 2.24) is 25.0 Å². The van der Waals surface area contributed by atoms with Gasteiger partial charge in [0.1, 0.15) is 0 Å². The number of aliphatic hydroxyl groups excluding tert-OH is 2. The van der Waals surface area contributed by atoms with Crippen LogP contribution >= 0.6 is 0 Å². The summed E-state index contributed by atoms with van der Waals surface area (Å²) in [6.45, 7) is 0. The summed E-state index contributed by atoms with van der Waals surface area (Å²) in [5, 5.41) is 42.7. The Morgan fingerprint density at radius 2 is 2.24 bits per heavy atom. The van der Waals surface area contributed by atoms with Crippen molar-refractivity contribution in [2.24, 2.45) is 5.92 Å². The Labute approximate surface area is 143 Å². The number of aliphatic hydroxyl groups is 2. The van der Waals surface area contributed by atoms with E-state index in [1.165, 1.54) is 0 Å². The highest BCUT2D eigenvalue weighted by Crippen LogP contribution is 2.37. The van der Waals surface area contributed by atoms with E-state index in [-0.39, 0.29) is 18.4 Å². The minimum Gasteiger partial charge on any atom is -0.390 e. The van der Waals surface area contributed by atoms with Crippen LogP contribution in [0.5, 0.6) is 0 Å². The molecule has 0 radical (unpaired) electrons. The third-order valence-electron chi connectivity index (χ3n) is 5.04. The lowest BCUT2D eigenvalue weighted by molar-refractivity contribution is 0.00684. The first kappa shape index (κ1) is 15.7. The molecule has 1 aliphatic rings. The number of H-pyrrole nitrogens is 1. The minimum absolute atomic E-state index is 0.190. The summed E-state index contributed by atoms with van der Waals surface area (Å²) >= 11 is 0. The Hall–Kier alpha value is -2.76. The fourth-order valence-electron chi connectivity index (χ4n) is 3.71. The number of hydrogen-bond donors (Lipinski definition) is 3. The minimum atomic E-state index is -0.829. The summed E-state index contributed by atoms with van der Waals surface area (Å²) in [5.74, 6) is -0.190. The predicted octanol–water partition coefficient (Wildman–Crippen LogP) is 1.41. The van der Waals surface area contributed by atoms with E-state index in [0.29, 0.717) is 18.5 Å². The van der Waals surface area contributed by atoms with Gasteiger partial charge in [-0.3, -0.25) is 4.68 Å². The zero-order chi connectivity index (χ0) is 17.4. The molecule has 0 aliphatic heterocycles. The van der Waals surface area contributed by atoms with Crippen molar-refractivity contribution in [1.29, 1.82) is 5.26 Å². The molecule has 0 amide bonds. The molecule has 8 nitrogen and oxygen atoms in total. The molecule has 4 unspecified atom stereocenters. The third-order valence-corrected chi connectivity index (χ3v) is 5.04. The van der Waals surface area contributed by atoms with Crippen LogP contribution in [-0.2, 0) is 0 Å². The van der Waals surface area contributed by atoms with E-state index < -0.39 is 12.2 Å². The quantitative estimate of drug-likeness (QED) is 0.661. The molecule has 3 heterocycles. The molecule has 128 valence electrons. The number of aromatic nitrogens is 5. The molecular formula is C17H18N6O2. The highest BCUT2D eigenvalue weighted by atomic mass is 16.3.